The standard InChI is InChI=1S/C11H13N3O3/c1-7-10(5-14(2)13-7)12-4-9-3-8(6-17-9)11(15)16/h3,5-6,12H,4H2,1-2H3,(H,15,16). The predicted octanol–water partition coefficient (Wildman–Crippen LogP) is 1.63. The number of carboxylic acid groups (broad SMARTS) is 1. The predicted molar refractivity (Wildman–Crippen MR) is 60.9 cm³/mol. The monoisotopic (exact) mass is 235 g/mol. The zero-order valence-corrected chi connectivity index (χ0v) is 9.60. The number of furan rings is 1. The average molecular weight is 235 g/mol. The molecule has 0 aliphatic rings. The number of carboxylic acids is 1. The van der Waals surface area contributed by atoms with E-state index in [-0.39, 0.29) is 5.56 Å². The molecule has 0 unspecified atom stereocenters. The molecule has 90 valence electrons. The summed E-state index contributed by atoms with van der Waals surface area (Å²) in [7, 11) is 1.84. The Morgan fingerprint density at radius 3 is 2.94 bits per heavy atom. The molecule has 6 heteroatoms. The van der Waals surface area contributed by atoms with Crippen molar-refractivity contribution in [1.82, 2.24) is 9.78 Å². The van der Waals surface area contributed by atoms with Crippen molar-refractivity contribution in [3.05, 3.63) is 35.5 Å². The fraction of sp³-hybridized carbons (Fsp3) is 0.273. The van der Waals surface area contributed by atoms with Crippen LogP contribution in [0.4, 0.5) is 5.69 Å². The molecule has 0 aromatic carbocycles. The molecule has 0 atom stereocenters. The van der Waals surface area contributed by atoms with Crippen LogP contribution in [0.5, 0.6) is 0 Å². The van der Waals surface area contributed by atoms with Crippen LogP contribution in [0.1, 0.15) is 21.8 Å². The first-order valence-electron chi connectivity index (χ1n) is 5.11. The Bertz CT molecular complexity index is 542. The van der Waals surface area contributed by atoms with E-state index in [1.54, 1.807) is 4.68 Å². The van der Waals surface area contributed by atoms with Gasteiger partial charge in [0.05, 0.1) is 23.5 Å². The SMILES string of the molecule is Cc1nn(C)cc1NCc1cc(C(=O)O)co1. The molecular formula is C11H13N3O3. The highest BCUT2D eigenvalue weighted by molar-refractivity contribution is 5.87. The fourth-order valence-electron chi connectivity index (χ4n) is 1.54. The first kappa shape index (κ1) is 11.3. The Balaban J connectivity index is 2.02. The van der Waals surface area contributed by atoms with E-state index in [0.29, 0.717) is 12.3 Å². The summed E-state index contributed by atoms with van der Waals surface area (Å²) >= 11 is 0. The number of nitrogens with one attached hydrogen (secondary N) is 1. The van der Waals surface area contributed by atoms with E-state index >= 15 is 0 Å². The Hall–Kier alpha value is -2.24. The van der Waals surface area contributed by atoms with Crippen molar-refractivity contribution in [3.63, 3.8) is 0 Å². The number of anilines is 1. The minimum Gasteiger partial charge on any atom is -0.478 e. The average Bonchev–Trinajstić information content (AvgIpc) is 2.82. The quantitative estimate of drug-likeness (QED) is 0.841. The van der Waals surface area contributed by atoms with Crippen LogP contribution >= 0.6 is 0 Å². The minimum atomic E-state index is -0.988. The highest BCUT2D eigenvalue weighted by Gasteiger charge is 2.09. The van der Waals surface area contributed by atoms with Crippen LogP contribution in [-0.2, 0) is 13.6 Å². The number of carbonyl (C=O) groups is 1. The maximum absolute atomic E-state index is 10.7. The van der Waals surface area contributed by atoms with Crippen LogP contribution < -0.4 is 5.32 Å². The van der Waals surface area contributed by atoms with Gasteiger partial charge in [-0.1, -0.05) is 0 Å². The summed E-state index contributed by atoms with van der Waals surface area (Å²) in [5, 5.41) is 16.1. The molecule has 0 spiro atoms. The van der Waals surface area contributed by atoms with E-state index in [0.717, 1.165) is 11.4 Å². The summed E-state index contributed by atoms with van der Waals surface area (Å²) in [4.78, 5) is 10.7. The second kappa shape index (κ2) is 4.32. The van der Waals surface area contributed by atoms with Gasteiger partial charge >= 0.3 is 5.97 Å². The lowest BCUT2D eigenvalue weighted by molar-refractivity contribution is 0.0696. The van der Waals surface area contributed by atoms with Crippen molar-refractivity contribution in [2.45, 2.75) is 13.5 Å². The molecule has 0 radical (unpaired) electrons. The number of aryl methyl sites for hydroxylation is 2. The van der Waals surface area contributed by atoms with Crippen molar-refractivity contribution in [2.75, 3.05) is 5.32 Å². The summed E-state index contributed by atoms with van der Waals surface area (Å²) in [5.41, 5.74) is 1.95. The summed E-state index contributed by atoms with van der Waals surface area (Å²) in [6, 6.07) is 1.50. The zero-order chi connectivity index (χ0) is 12.4. The van der Waals surface area contributed by atoms with Gasteiger partial charge in [-0.15, -0.1) is 0 Å². The molecule has 2 N–H and O–H groups in total. The van der Waals surface area contributed by atoms with Gasteiger partial charge in [-0.2, -0.15) is 5.10 Å². The lowest BCUT2D eigenvalue weighted by atomic mass is 10.3. The van der Waals surface area contributed by atoms with Crippen molar-refractivity contribution < 1.29 is 14.3 Å². The molecule has 0 amide bonds. The van der Waals surface area contributed by atoms with Gasteiger partial charge < -0.3 is 14.8 Å². The second-order valence-corrected chi connectivity index (χ2v) is 3.76. The van der Waals surface area contributed by atoms with Crippen LogP contribution in [0.3, 0.4) is 0 Å². The number of rotatable bonds is 4. The van der Waals surface area contributed by atoms with Gasteiger partial charge in [0.25, 0.3) is 0 Å². The maximum atomic E-state index is 10.7. The van der Waals surface area contributed by atoms with Gasteiger partial charge in [0.2, 0.25) is 0 Å². The van der Waals surface area contributed by atoms with Crippen molar-refractivity contribution in [3.8, 4) is 0 Å². The number of hydrogen-bond donors (Lipinski definition) is 2. The maximum Gasteiger partial charge on any atom is 0.338 e. The molecule has 0 aliphatic carbocycles. The van der Waals surface area contributed by atoms with E-state index < -0.39 is 5.97 Å². The van der Waals surface area contributed by atoms with Gasteiger partial charge in [0.15, 0.2) is 0 Å². The third kappa shape index (κ3) is 2.47. The molecule has 17 heavy (non-hydrogen) atoms. The molecule has 0 bridgehead atoms. The topological polar surface area (TPSA) is 80.3 Å². The van der Waals surface area contributed by atoms with Crippen molar-refractivity contribution >= 4 is 11.7 Å². The third-order valence-corrected chi connectivity index (χ3v) is 2.37. The Labute approximate surface area is 97.9 Å². The Morgan fingerprint density at radius 2 is 2.41 bits per heavy atom. The van der Waals surface area contributed by atoms with Gasteiger partial charge in [0, 0.05) is 13.2 Å². The van der Waals surface area contributed by atoms with Crippen molar-refractivity contribution in [1.29, 1.82) is 0 Å². The minimum absolute atomic E-state index is 0.157. The van der Waals surface area contributed by atoms with Crippen LogP contribution in [0.25, 0.3) is 0 Å². The molecule has 6 nitrogen and oxygen atoms in total. The summed E-state index contributed by atoms with van der Waals surface area (Å²) in [6.45, 7) is 2.33. The van der Waals surface area contributed by atoms with Gasteiger partial charge in [-0.3, -0.25) is 4.68 Å². The third-order valence-electron chi connectivity index (χ3n) is 2.37. The smallest absolute Gasteiger partial charge is 0.338 e. The van der Waals surface area contributed by atoms with E-state index in [2.05, 4.69) is 10.4 Å². The lowest BCUT2D eigenvalue weighted by Crippen LogP contribution is -1.98. The summed E-state index contributed by atoms with van der Waals surface area (Å²) in [5.74, 6) is -0.414. The van der Waals surface area contributed by atoms with E-state index in [4.69, 9.17) is 9.52 Å². The van der Waals surface area contributed by atoms with Crippen molar-refractivity contribution in [2.24, 2.45) is 7.05 Å². The normalized spacial score (nSPS) is 10.5. The molecular weight excluding hydrogens is 222 g/mol. The van der Waals surface area contributed by atoms with Crippen LogP contribution in [0, 0.1) is 6.92 Å². The molecule has 2 aromatic rings. The molecule has 2 aromatic heterocycles. The summed E-state index contributed by atoms with van der Waals surface area (Å²) in [6.07, 6.45) is 3.09. The van der Waals surface area contributed by atoms with E-state index in [1.807, 2.05) is 20.2 Å². The lowest BCUT2D eigenvalue weighted by Gasteiger charge is -2.00. The van der Waals surface area contributed by atoms with Crippen LogP contribution in [-0.4, -0.2) is 20.9 Å². The molecule has 0 aliphatic heterocycles. The molecule has 0 fully saturated rings. The van der Waals surface area contributed by atoms with Gasteiger partial charge in [-0.05, 0) is 13.0 Å². The van der Waals surface area contributed by atoms with Gasteiger partial charge in [0.1, 0.15) is 12.0 Å². The van der Waals surface area contributed by atoms with E-state index in [1.165, 1.54) is 12.3 Å². The second-order valence-electron chi connectivity index (χ2n) is 3.76. The highest BCUT2D eigenvalue weighted by Crippen LogP contribution is 2.14. The highest BCUT2D eigenvalue weighted by atomic mass is 16.4. The number of hydrogen-bond acceptors (Lipinski definition) is 4. The number of nitrogens with zero attached hydrogens (tertiary/aromatic N) is 2. The van der Waals surface area contributed by atoms with E-state index in [9.17, 15) is 4.79 Å². The largest absolute Gasteiger partial charge is 0.478 e. The zero-order valence-electron chi connectivity index (χ0n) is 9.60. The fourth-order valence-corrected chi connectivity index (χ4v) is 1.54. The number of aromatic carboxylic acids is 1. The molecule has 0 saturated carbocycles. The Kier molecular flexibility index (Phi) is 2.86. The van der Waals surface area contributed by atoms with Gasteiger partial charge in [-0.25, -0.2) is 4.79 Å². The first-order valence-corrected chi connectivity index (χ1v) is 5.11. The first-order chi connectivity index (χ1) is 8.06. The van der Waals surface area contributed by atoms with Crippen LogP contribution in [0.15, 0.2) is 22.9 Å². The molecule has 0 saturated heterocycles. The van der Waals surface area contributed by atoms with Crippen LogP contribution in [0.2, 0.25) is 0 Å². The summed E-state index contributed by atoms with van der Waals surface area (Å²) < 4.78 is 6.83. The molecule has 2 heterocycles. The molecule has 2 rings (SSSR count). The Morgan fingerprint density at radius 1 is 1.65 bits per heavy atom. The number of aromatic nitrogens is 2.